The number of benzene rings is 2. The van der Waals surface area contributed by atoms with Crippen molar-refractivity contribution in [3.05, 3.63) is 69.9 Å². The summed E-state index contributed by atoms with van der Waals surface area (Å²) in [7, 11) is 0. The zero-order valence-corrected chi connectivity index (χ0v) is 14.6. The fraction of sp³-hybridized carbons (Fsp3) is 0.0556. The number of aryl methyl sites for hydroxylation is 1. The van der Waals surface area contributed by atoms with Gasteiger partial charge in [0.1, 0.15) is 5.82 Å². The fourth-order valence-electron chi connectivity index (χ4n) is 2.39. The predicted octanol–water partition coefficient (Wildman–Crippen LogP) is 2.90. The summed E-state index contributed by atoms with van der Waals surface area (Å²) in [5.41, 5.74) is 1.30. The highest BCUT2D eigenvalue weighted by molar-refractivity contribution is 8.27. The topological polar surface area (TPSA) is 60.4 Å². The van der Waals surface area contributed by atoms with Crippen molar-refractivity contribution in [2.45, 2.75) is 6.92 Å². The Morgan fingerprint density at radius 2 is 2.00 bits per heavy atom. The van der Waals surface area contributed by atoms with Crippen LogP contribution in [0.4, 0.5) is 10.1 Å². The summed E-state index contributed by atoms with van der Waals surface area (Å²) < 4.78 is 14.1. The van der Waals surface area contributed by atoms with Crippen molar-refractivity contribution in [3.63, 3.8) is 0 Å². The molecule has 0 aliphatic carbocycles. The minimum atomic E-state index is -1.34. The first kappa shape index (κ1) is 17.3. The van der Waals surface area contributed by atoms with Gasteiger partial charge < -0.3 is 9.90 Å². The number of carboxylic acid groups (broad SMARTS) is 1. The fourth-order valence-corrected chi connectivity index (χ4v) is 3.66. The van der Waals surface area contributed by atoms with Gasteiger partial charge in [-0.05, 0) is 36.3 Å². The monoisotopic (exact) mass is 372 g/mol. The number of rotatable bonds is 3. The maximum atomic E-state index is 13.8. The number of thiocarbonyl (C=S) groups is 1. The molecule has 2 aromatic rings. The molecule has 0 N–H and O–H groups in total. The van der Waals surface area contributed by atoms with E-state index >= 15 is 0 Å². The van der Waals surface area contributed by atoms with E-state index < -0.39 is 17.7 Å². The van der Waals surface area contributed by atoms with Gasteiger partial charge in [-0.3, -0.25) is 9.69 Å². The van der Waals surface area contributed by atoms with Crippen molar-refractivity contribution in [2.75, 3.05) is 4.90 Å². The molecule has 7 heteroatoms. The molecular weight excluding hydrogens is 361 g/mol. The Balaban J connectivity index is 2.02. The van der Waals surface area contributed by atoms with Crippen molar-refractivity contribution < 1.29 is 19.1 Å². The van der Waals surface area contributed by atoms with Crippen LogP contribution in [0, 0.1) is 12.7 Å². The van der Waals surface area contributed by atoms with Crippen LogP contribution < -0.4 is 10.0 Å². The van der Waals surface area contributed by atoms with Crippen molar-refractivity contribution >= 4 is 51.9 Å². The molecule has 0 atom stereocenters. The van der Waals surface area contributed by atoms with Gasteiger partial charge in [0.2, 0.25) is 0 Å². The van der Waals surface area contributed by atoms with Crippen molar-refractivity contribution in [2.24, 2.45) is 0 Å². The molecule has 2 aromatic carbocycles. The highest BCUT2D eigenvalue weighted by Crippen LogP contribution is 2.37. The minimum Gasteiger partial charge on any atom is -0.545 e. The number of aromatic carboxylic acids is 1. The normalized spacial score (nSPS) is 15.9. The molecule has 1 aliphatic rings. The Kier molecular flexibility index (Phi) is 4.69. The summed E-state index contributed by atoms with van der Waals surface area (Å²) >= 11 is 6.31. The van der Waals surface area contributed by atoms with Gasteiger partial charge in [0.15, 0.2) is 4.32 Å². The van der Waals surface area contributed by atoms with E-state index in [9.17, 15) is 19.1 Å². The van der Waals surface area contributed by atoms with Gasteiger partial charge in [-0.1, -0.05) is 54.3 Å². The van der Waals surface area contributed by atoms with Gasteiger partial charge in [-0.25, -0.2) is 4.39 Å². The van der Waals surface area contributed by atoms with Gasteiger partial charge in [0.05, 0.1) is 16.6 Å². The first-order valence-electron chi connectivity index (χ1n) is 7.23. The third-order valence-corrected chi connectivity index (χ3v) is 4.97. The average Bonchev–Trinajstić information content (AvgIpc) is 2.84. The molecule has 0 bridgehead atoms. The molecule has 1 heterocycles. The van der Waals surface area contributed by atoms with Crippen molar-refractivity contribution in [1.29, 1.82) is 0 Å². The number of carboxylic acids is 1. The number of carbonyl (C=O) groups is 2. The van der Waals surface area contributed by atoms with E-state index in [1.165, 1.54) is 29.2 Å². The third kappa shape index (κ3) is 3.33. The molecule has 126 valence electrons. The van der Waals surface area contributed by atoms with Crippen LogP contribution in [0.25, 0.3) is 6.08 Å². The molecule has 25 heavy (non-hydrogen) atoms. The lowest BCUT2D eigenvalue weighted by molar-refractivity contribution is -0.255. The number of amides is 1. The average molecular weight is 372 g/mol. The molecule has 0 radical (unpaired) electrons. The maximum Gasteiger partial charge on any atom is 0.270 e. The smallest absolute Gasteiger partial charge is 0.270 e. The summed E-state index contributed by atoms with van der Waals surface area (Å²) in [6, 6.07) is 10.4. The molecule has 4 nitrogen and oxygen atoms in total. The molecular formula is C18H11FNO3S2-. The molecule has 0 saturated carbocycles. The van der Waals surface area contributed by atoms with E-state index in [4.69, 9.17) is 12.2 Å². The van der Waals surface area contributed by atoms with E-state index in [2.05, 4.69) is 0 Å². The molecule has 0 aromatic heterocycles. The lowest BCUT2D eigenvalue weighted by atomic mass is 10.1. The molecule has 1 amide bonds. The van der Waals surface area contributed by atoms with Gasteiger partial charge in [0, 0.05) is 5.56 Å². The quantitative estimate of drug-likeness (QED) is 0.612. The SMILES string of the molecule is Cc1ccc(C(=O)[O-])cc1N1C(=O)/C(=C/c2ccccc2F)SC1=S. The number of halogens is 1. The summed E-state index contributed by atoms with van der Waals surface area (Å²) in [6.07, 6.45) is 1.44. The molecule has 0 unspecified atom stereocenters. The number of hydrogen-bond donors (Lipinski definition) is 0. The second kappa shape index (κ2) is 6.78. The van der Waals surface area contributed by atoms with Crippen LogP contribution in [-0.2, 0) is 4.79 Å². The number of nitrogens with zero attached hydrogens (tertiary/aromatic N) is 1. The van der Waals surface area contributed by atoms with Crippen molar-refractivity contribution in [3.8, 4) is 0 Å². The Morgan fingerprint density at radius 3 is 2.68 bits per heavy atom. The second-order valence-corrected chi connectivity index (χ2v) is 7.00. The van der Waals surface area contributed by atoms with Gasteiger partial charge in [-0.2, -0.15) is 0 Å². The second-order valence-electron chi connectivity index (χ2n) is 5.33. The Morgan fingerprint density at radius 1 is 1.28 bits per heavy atom. The maximum absolute atomic E-state index is 13.8. The third-order valence-electron chi connectivity index (χ3n) is 3.67. The van der Waals surface area contributed by atoms with Crippen LogP contribution in [0.5, 0.6) is 0 Å². The van der Waals surface area contributed by atoms with Gasteiger partial charge in [0.25, 0.3) is 5.91 Å². The minimum absolute atomic E-state index is 0.0484. The van der Waals surface area contributed by atoms with E-state index in [0.29, 0.717) is 11.3 Å². The van der Waals surface area contributed by atoms with Crippen LogP contribution >= 0.6 is 24.0 Å². The van der Waals surface area contributed by atoms with Crippen LogP contribution in [0.1, 0.15) is 21.5 Å². The number of thioether (sulfide) groups is 1. The number of hydrogen-bond acceptors (Lipinski definition) is 5. The van der Waals surface area contributed by atoms with Crippen molar-refractivity contribution in [1.82, 2.24) is 0 Å². The van der Waals surface area contributed by atoms with Crippen LogP contribution in [0.2, 0.25) is 0 Å². The van der Waals surface area contributed by atoms with E-state index in [1.54, 1.807) is 31.2 Å². The standard InChI is InChI=1S/C18H12FNO3S2/c1-10-6-7-12(17(22)23)8-14(10)20-16(21)15(25-18(20)24)9-11-4-2-3-5-13(11)19/h2-9H,1H3,(H,22,23)/p-1/b15-9-. The Labute approximate surface area is 153 Å². The zero-order chi connectivity index (χ0) is 18.1. The van der Waals surface area contributed by atoms with Crippen LogP contribution in [0.15, 0.2) is 47.4 Å². The van der Waals surface area contributed by atoms with E-state index in [-0.39, 0.29) is 20.4 Å². The van der Waals surface area contributed by atoms with Crippen LogP contribution in [0.3, 0.4) is 0 Å². The van der Waals surface area contributed by atoms with Gasteiger partial charge >= 0.3 is 0 Å². The summed E-state index contributed by atoms with van der Waals surface area (Å²) in [5.74, 6) is -2.20. The molecule has 1 fully saturated rings. The molecule has 0 spiro atoms. The number of anilines is 1. The first-order chi connectivity index (χ1) is 11.9. The predicted molar refractivity (Wildman–Crippen MR) is 97.6 cm³/mol. The summed E-state index contributed by atoms with van der Waals surface area (Å²) in [4.78, 5) is 25.3. The lowest BCUT2D eigenvalue weighted by Gasteiger charge is -2.18. The molecule has 3 rings (SSSR count). The lowest BCUT2D eigenvalue weighted by Crippen LogP contribution is -2.29. The summed E-state index contributed by atoms with van der Waals surface area (Å²) in [5, 5.41) is 11.1. The Hall–Kier alpha value is -2.51. The van der Waals surface area contributed by atoms with Crippen LogP contribution in [-0.4, -0.2) is 16.2 Å². The Bertz CT molecular complexity index is 940. The first-order valence-corrected chi connectivity index (χ1v) is 8.45. The largest absolute Gasteiger partial charge is 0.545 e. The van der Waals surface area contributed by atoms with E-state index in [1.807, 2.05) is 0 Å². The number of carbonyl (C=O) groups excluding carboxylic acids is 2. The highest BCUT2D eigenvalue weighted by atomic mass is 32.2. The zero-order valence-electron chi connectivity index (χ0n) is 13.0. The van der Waals surface area contributed by atoms with Gasteiger partial charge in [-0.15, -0.1) is 0 Å². The van der Waals surface area contributed by atoms with E-state index in [0.717, 1.165) is 11.8 Å². The highest BCUT2D eigenvalue weighted by Gasteiger charge is 2.34. The molecule has 1 saturated heterocycles. The molecule has 1 aliphatic heterocycles. The summed E-state index contributed by atoms with van der Waals surface area (Å²) in [6.45, 7) is 1.74.